The smallest absolute Gasteiger partial charge is 0.354 e. The number of aryl methyl sites for hydroxylation is 2. The zero-order valence-corrected chi connectivity index (χ0v) is 11.0. The van der Waals surface area contributed by atoms with Gasteiger partial charge in [-0.25, -0.2) is 14.8 Å². The van der Waals surface area contributed by atoms with E-state index in [0.29, 0.717) is 18.2 Å². The predicted molar refractivity (Wildman–Crippen MR) is 69.0 cm³/mol. The number of nitrogens with zero attached hydrogens (tertiary/aromatic N) is 4. The van der Waals surface area contributed by atoms with Crippen LogP contribution in [0, 0.1) is 13.8 Å². The van der Waals surface area contributed by atoms with Gasteiger partial charge in [-0.15, -0.1) is 0 Å². The summed E-state index contributed by atoms with van der Waals surface area (Å²) in [6.45, 7) is 4.20. The van der Waals surface area contributed by atoms with E-state index in [1.807, 2.05) is 14.0 Å². The van der Waals surface area contributed by atoms with Crippen LogP contribution in [0.2, 0.25) is 0 Å². The summed E-state index contributed by atoms with van der Waals surface area (Å²) in [6, 6.07) is 1.43. The Morgan fingerprint density at radius 1 is 1.42 bits per heavy atom. The fourth-order valence-corrected chi connectivity index (χ4v) is 1.65. The summed E-state index contributed by atoms with van der Waals surface area (Å²) in [4.78, 5) is 19.0. The molecule has 0 atom stereocenters. The third-order valence-corrected chi connectivity index (χ3v) is 2.85. The van der Waals surface area contributed by atoms with Gasteiger partial charge in [0.05, 0.1) is 6.20 Å². The molecule has 0 aliphatic rings. The standard InChI is InChI=1S/C12H15N5O2/c1-7-4-10(11(18)19)16-12(15-7)13-5-9-6-14-17(3)8(9)2/h4,6H,5H2,1-3H3,(H,18,19)(H,13,15,16). The number of aromatic nitrogens is 4. The van der Waals surface area contributed by atoms with E-state index in [1.54, 1.807) is 17.8 Å². The molecule has 0 saturated heterocycles. The van der Waals surface area contributed by atoms with Gasteiger partial charge in [-0.05, 0) is 19.9 Å². The van der Waals surface area contributed by atoms with Crippen LogP contribution >= 0.6 is 0 Å². The molecule has 0 aromatic carbocycles. The molecule has 2 aromatic rings. The summed E-state index contributed by atoms with van der Waals surface area (Å²) in [5.74, 6) is -0.758. The lowest BCUT2D eigenvalue weighted by Crippen LogP contribution is -2.09. The molecule has 0 saturated carbocycles. The lowest BCUT2D eigenvalue weighted by Gasteiger charge is -2.06. The third kappa shape index (κ3) is 2.87. The molecule has 0 aliphatic heterocycles. The van der Waals surface area contributed by atoms with Crippen molar-refractivity contribution in [1.29, 1.82) is 0 Å². The second kappa shape index (κ2) is 5.05. The number of carboxylic acids is 1. The molecule has 0 bridgehead atoms. The van der Waals surface area contributed by atoms with Gasteiger partial charge in [0.2, 0.25) is 5.95 Å². The molecular weight excluding hydrogens is 246 g/mol. The quantitative estimate of drug-likeness (QED) is 0.857. The Bertz CT molecular complexity index is 621. The number of carboxylic acid groups (broad SMARTS) is 1. The van der Waals surface area contributed by atoms with Gasteiger partial charge >= 0.3 is 5.97 Å². The van der Waals surface area contributed by atoms with Gasteiger partial charge in [-0.3, -0.25) is 4.68 Å². The van der Waals surface area contributed by atoms with E-state index >= 15 is 0 Å². The van der Waals surface area contributed by atoms with E-state index in [1.165, 1.54) is 6.07 Å². The van der Waals surface area contributed by atoms with Crippen LogP contribution in [0.15, 0.2) is 12.3 Å². The molecule has 100 valence electrons. The fourth-order valence-electron chi connectivity index (χ4n) is 1.65. The molecule has 0 unspecified atom stereocenters. The minimum Gasteiger partial charge on any atom is -0.477 e. The molecule has 0 amide bonds. The second-order valence-corrected chi connectivity index (χ2v) is 4.26. The lowest BCUT2D eigenvalue weighted by atomic mass is 10.2. The normalized spacial score (nSPS) is 10.5. The van der Waals surface area contributed by atoms with Gasteiger partial charge in [0, 0.05) is 30.5 Å². The summed E-state index contributed by atoms with van der Waals surface area (Å²) in [5, 5.41) is 16.1. The Morgan fingerprint density at radius 2 is 2.16 bits per heavy atom. The van der Waals surface area contributed by atoms with Gasteiger partial charge in [0.25, 0.3) is 0 Å². The number of aromatic carboxylic acids is 1. The van der Waals surface area contributed by atoms with Gasteiger partial charge in [0.15, 0.2) is 5.69 Å². The zero-order valence-electron chi connectivity index (χ0n) is 11.0. The Balaban J connectivity index is 2.15. The molecule has 0 spiro atoms. The van der Waals surface area contributed by atoms with Gasteiger partial charge in [0.1, 0.15) is 0 Å². The minimum absolute atomic E-state index is 0.0158. The average molecular weight is 261 g/mol. The summed E-state index contributed by atoms with van der Waals surface area (Å²) in [7, 11) is 1.87. The number of hydrogen-bond acceptors (Lipinski definition) is 5. The lowest BCUT2D eigenvalue weighted by molar-refractivity contribution is 0.0690. The first-order chi connectivity index (χ1) is 8.97. The highest BCUT2D eigenvalue weighted by Gasteiger charge is 2.09. The van der Waals surface area contributed by atoms with Crippen molar-refractivity contribution in [3.8, 4) is 0 Å². The van der Waals surface area contributed by atoms with E-state index in [4.69, 9.17) is 5.11 Å². The van der Waals surface area contributed by atoms with Gasteiger partial charge in [-0.1, -0.05) is 0 Å². The largest absolute Gasteiger partial charge is 0.477 e. The molecule has 19 heavy (non-hydrogen) atoms. The van der Waals surface area contributed by atoms with E-state index in [2.05, 4.69) is 20.4 Å². The highest BCUT2D eigenvalue weighted by atomic mass is 16.4. The van der Waals surface area contributed by atoms with Crippen LogP contribution < -0.4 is 5.32 Å². The Labute approximate surface area is 110 Å². The van der Waals surface area contributed by atoms with Crippen LogP contribution in [0.25, 0.3) is 0 Å². The molecule has 2 aromatic heterocycles. The fraction of sp³-hybridized carbons (Fsp3) is 0.333. The number of anilines is 1. The molecule has 2 heterocycles. The molecule has 7 heteroatoms. The third-order valence-electron chi connectivity index (χ3n) is 2.85. The molecule has 0 aliphatic carbocycles. The Morgan fingerprint density at radius 3 is 2.74 bits per heavy atom. The second-order valence-electron chi connectivity index (χ2n) is 4.26. The van der Waals surface area contributed by atoms with Crippen molar-refractivity contribution in [2.75, 3.05) is 5.32 Å². The van der Waals surface area contributed by atoms with Crippen molar-refractivity contribution in [2.45, 2.75) is 20.4 Å². The zero-order chi connectivity index (χ0) is 14.0. The monoisotopic (exact) mass is 261 g/mol. The Kier molecular flexibility index (Phi) is 3.46. The molecule has 0 fully saturated rings. The van der Waals surface area contributed by atoms with Gasteiger partial charge in [-0.2, -0.15) is 5.10 Å². The van der Waals surface area contributed by atoms with Crippen molar-refractivity contribution < 1.29 is 9.90 Å². The van der Waals surface area contributed by atoms with Crippen LogP contribution in [0.5, 0.6) is 0 Å². The van der Waals surface area contributed by atoms with Crippen LogP contribution in [-0.2, 0) is 13.6 Å². The van der Waals surface area contributed by atoms with Crippen molar-refractivity contribution in [2.24, 2.45) is 7.05 Å². The first kappa shape index (κ1) is 13.0. The van der Waals surface area contributed by atoms with Crippen molar-refractivity contribution in [3.05, 3.63) is 34.9 Å². The van der Waals surface area contributed by atoms with Crippen molar-refractivity contribution in [3.63, 3.8) is 0 Å². The SMILES string of the molecule is Cc1cc(C(=O)O)nc(NCc2cnn(C)c2C)n1. The van der Waals surface area contributed by atoms with Crippen LogP contribution in [0.1, 0.15) is 27.4 Å². The van der Waals surface area contributed by atoms with E-state index in [-0.39, 0.29) is 5.69 Å². The summed E-state index contributed by atoms with van der Waals surface area (Å²) in [6.07, 6.45) is 1.76. The van der Waals surface area contributed by atoms with Crippen molar-refractivity contribution in [1.82, 2.24) is 19.7 Å². The predicted octanol–water partition coefficient (Wildman–Crippen LogP) is 1.14. The number of carbonyl (C=O) groups is 1. The summed E-state index contributed by atoms with van der Waals surface area (Å²) in [5.41, 5.74) is 2.65. The minimum atomic E-state index is -1.06. The van der Waals surface area contributed by atoms with Crippen LogP contribution in [0.4, 0.5) is 5.95 Å². The first-order valence-electron chi connectivity index (χ1n) is 5.77. The van der Waals surface area contributed by atoms with Crippen molar-refractivity contribution >= 4 is 11.9 Å². The molecule has 2 N–H and O–H groups in total. The molecular formula is C12H15N5O2. The highest BCUT2D eigenvalue weighted by molar-refractivity contribution is 5.85. The van der Waals surface area contributed by atoms with E-state index < -0.39 is 5.97 Å². The van der Waals surface area contributed by atoms with E-state index in [9.17, 15) is 4.79 Å². The van der Waals surface area contributed by atoms with Gasteiger partial charge < -0.3 is 10.4 Å². The summed E-state index contributed by atoms with van der Waals surface area (Å²) >= 11 is 0. The summed E-state index contributed by atoms with van der Waals surface area (Å²) < 4.78 is 1.77. The van der Waals surface area contributed by atoms with Crippen LogP contribution in [0.3, 0.4) is 0 Å². The maximum absolute atomic E-state index is 10.9. The first-order valence-corrected chi connectivity index (χ1v) is 5.77. The Hall–Kier alpha value is -2.44. The molecule has 0 radical (unpaired) electrons. The highest BCUT2D eigenvalue weighted by Crippen LogP contribution is 2.09. The molecule has 2 rings (SSSR count). The number of nitrogens with one attached hydrogen (secondary N) is 1. The maximum Gasteiger partial charge on any atom is 0.354 e. The topological polar surface area (TPSA) is 92.9 Å². The van der Waals surface area contributed by atoms with E-state index in [0.717, 1.165) is 11.3 Å². The maximum atomic E-state index is 10.9. The number of hydrogen-bond donors (Lipinski definition) is 2. The van der Waals surface area contributed by atoms with Crippen LogP contribution in [-0.4, -0.2) is 30.8 Å². The molecule has 7 nitrogen and oxygen atoms in total. The number of rotatable bonds is 4. The average Bonchev–Trinajstić information content (AvgIpc) is 2.67.